The number of hydrogen-bond acceptors (Lipinski definition) is 4. The minimum Gasteiger partial charge on any atom is -0.426 e. The van der Waals surface area contributed by atoms with Crippen LogP contribution in [0.4, 0.5) is 0 Å². The summed E-state index contributed by atoms with van der Waals surface area (Å²) >= 11 is 14.7. The molecule has 0 aliphatic carbocycles. The van der Waals surface area contributed by atoms with Crippen LogP contribution < -0.4 is 4.52 Å². The van der Waals surface area contributed by atoms with Gasteiger partial charge >= 0.3 is 5.77 Å². The van der Waals surface area contributed by atoms with E-state index < -0.39 is 5.77 Å². The number of aryl methyl sites for hydroxylation is 1. The van der Waals surface area contributed by atoms with Gasteiger partial charge in [-0.15, -0.1) is 6.58 Å². The van der Waals surface area contributed by atoms with Crippen LogP contribution in [0.1, 0.15) is 12.5 Å². The molecule has 0 saturated heterocycles. The quantitative estimate of drug-likeness (QED) is 0.413. The molecule has 0 amide bonds. The van der Waals surface area contributed by atoms with E-state index in [1.54, 1.807) is 18.2 Å². The fraction of sp³-hybridized carbons (Fsp3) is 0.333. The van der Waals surface area contributed by atoms with Gasteiger partial charge in [-0.2, -0.15) is 0 Å². The van der Waals surface area contributed by atoms with E-state index in [4.69, 9.17) is 27.7 Å². The molecular weight excluding hydrogens is 342 g/mol. The SMILES string of the molecule is C=CCSP(=O)(Oc1c(Cl)cc(C)cc1Cl)SCC. The van der Waals surface area contributed by atoms with Gasteiger partial charge in [0.25, 0.3) is 0 Å². The monoisotopic (exact) mass is 356 g/mol. The smallest absolute Gasteiger partial charge is 0.360 e. The van der Waals surface area contributed by atoms with Crippen LogP contribution in [0.5, 0.6) is 5.75 Å². The third-order valence-corrected chi connectivity index (χ3v) is 9.69. The molecule has 1 rings (SSSR count). The van der Waals surface area contributed by atoms with Gasteiger partial charge in [-0.25, -0.2) is 0 Å². The van der Waals surface area contributed by atoms with Crippen LogP contribution in [0.2, 0.25) is 10.0 Å². The number of halogens is 2. The fourth-order valence-electron chi connectivity index (χ4n) is 1.28. The molecule has 2 nitrogen and oxygen atoms in total. The molecule has 0 bridgehead atoms. The summed E-state index contributed by atoms with van der Waals surface area (Å²) in [5.74, 6) is -1.42. The summed E-state index contributed by atoms with van der Waals surface area (Å²) in [4.78, 5) is 0. The van der Waals surface area contributed by atoms with Gasteiger partial charge in [0, 0.05) is 11.5 Å². The predicted octanol–water partition coefficient (Wildman–Crippen LogP) is 6.46. The third-order valence-electron chi connectivity index (χ3n) is 1.98. The second-order valence-electron chi connectivity index (χ2n) is 3.60. The van der Waals surface area contributed by atoms with Crippen LogP contribution in [0.3, 0.4) is 0 Å². The van der Waals surface area contributed by atoms with E-state index in [1.807, 2.05) is 13.8 Å². The second kappa shape index (κ2) is 7.90. The summed E-state index contributed by atoms with van der Waals surface area (Å²) in [6.07, 6.45) is 1.69. The van der Waals surface area contributed by atoms with Crippen molar-refractivity contribution in [3.8, 4) is 5.75 Å². The number of hydrogen-bond donors (Lipinski definition) is 0. The molecule has 0 N–H and O–H groups in total. The van der Waals surface area contributed by atoms with Gasteiger partial charge in [0.1, 0.15) is 0 Å². The first kappa shape index (κ1) is 17.3. The van der Waals surface area contributed by atoms with E-state index in [0.717, 1.165) is 5.56 Å². The lowest BCUT2D eigenvalue weighted by Crippen LogP contribution is -1.91. The van der Waals surface area contributed by atoms with Crippen LogP contribution in [-0.4, -0.2) is 11.5 Å². The summed E-state index contributed by atoms with van der Waals surface area (Å²) in [6, 6.07) is 3.48. The van der Waals surface area contributed by atoms with Crippen molar-refractivity contribution in [2.45, 2.75) is 13.8 Å². The summed E-state index contributed by atoms with van der Waals surface area (Å²) in [5.41, 5.74) is 0.930. The lowest BCUT2D eigenvalue weighted by molar-refractivity contribution is 0.515. The topological polar surface area (TPSA) is 26.3 Å². The molecule has 1 aromatic carbocycles. The Balaban J connectivity index is 3.03. The molecule has 0 heterocycles. The lowest BCUT2D eigenvalue weighted by Gasteiger charge is -2.18. The minimum absolute atomic E-state index is 0.287. The van der Waals surface area contributed by atoms with Crippen molar-refractivity contribution in [2.24, 2.45) is 0 Å². The normalized spacial score (nSPS) is 13.9. The Kier molecular flexibility index (Phi) is 7.20. The first-order valence-corrected chi connectivity index (χ1v) is 11.1. The molecule has 0 aromatic heterocycles. The Hall–Kier alpha value is 0.270. The third kappa shape index (κ3) is 5.28. The highest BCUT2D eigenvalue weighted by Gasteiger charge is 2.27. The van der Waals surface area contributed by atoms with Gasteiger partial charge < -0.3 is 4.52 Å². The van der Waals surface area contributed by atoms with Gasteiger partial charge in [-0.3, -0.25) is 4.57 Å². The Bertz CT molecular complexity index is 485. The van der Waals surface area contributed by atoms with E-state index >= 15 is 0 Å². The summed E-state index contributed by atoms with van der Waals surface area (Å²) in [5, 5.41) is 0.752. The highest BCUT2D eigenvalue weighted by Crippen LogP contribution is 2.69. The van der Waals surface area contributed by atoms with Crippen molar-refractivity contribution in [1.29, 1.82) is 0 Å². The van der Waals surface area contributed by atoms with E-state index in [-0.39, 0.29) is 5.75 Å². The van der Waals surface area contributed by atoms with Crippen LogP contribution in [-0.2, 0) is 4.57 Å². The first-order valence-electron chi connectivity index (χ1n) is 5.57. The van der Waals surface area contributed by atoms with E-state index in [2.05, 4.69) is 6.58 Å². The van der Waals surface area contributed by atoms with Gasteiger partial charge in [-0.05, 0) is 47.4 Å². The highest BCUT2D eigenvalue weighted by molar-refractivity contribution is 8.89. The van der Waals surface area contributed by atoms with Crippen molar-refractivity contribution >= 4 is 51.7 Å². The molecule has 0 saturated carbocycles. The van der Waals surface area contributed by atoms with Gasteiger partial charge in [0.2, 0.25) is 0 Å². The lowest BCUT2D eigenvalue weighted by atomic mass is 10.2. The maximum atomic E-state index is 12.7. The Morgan fingerprint density at radius 2 is 1.95 bits per heavy atom. The highest BCUT2D eigenvalue weighted by atomic mass is 35.5. The average Bonchev–Trinajstić information content (AvgIpc) is 2.32. The molecule has 106 valence electrons. The van der Waals surface area contributed by atoms with Crippen LogP contribution in [0.15, 0.2) is 24.8 Å². The molecule has 0 radical (unpaired) electrons. The molecule has 1 atom stereocenters. The van der Waals surface area contributed by atoms with Crippen molar-refractivity contribution in [3.05, 3.63) is 40.4 Å². The van der Waals surface area contributed by atoms with Crippen LogP contribution >= 0.6 is 51.7 Å². The summed E-state index contributed by atoms with van der Waals surface area (Å²) in [6.45, 7) is 7.43. The summed E-state index contributed by atoms with van der Waals surface area (Å²) in [7, 11) is 0. The van der Waals surface area contributed by atoms with Crippen molar-refractivity contribution in [1.82, 2.24) is 0 Å². The van der Waals surface area contributed by atoms with E-state index in [0.29, 0.717) is 21.6 Å². The zero-order chi connectivity index (χ0) is 14.5. The van der Waals surface area contributed by atoms with Gasteiger partial charge in [-0.1, -0.05) is 36.2 Å². The number of benzene rings is 1. The molecule has 7 heteroatoms. The molecule has 1 aromatic rings. The van der Waals surface area contributed by atoms with Gasteiger partial charge in [0.15, 0.2) is 5.75 Å². The molecule has 0 spiro atoms. The molecule has 1 unspecified atom stereocenters. The zero-order valence-electron chi connectivity index (χ0n) is 10.7. The van der Waals surface area contributed by atoms with Crippen molar-refractivity contribution in [2.75, 3.05) is 11.5 Å². The first-order chi connectivity index (χ1) is 8.91. The minimum atomic E-state index is -2.93. The van der Waals surface area contributed by atoms with Gasteiger partial charge in [0.05, 0.1) is 10.0 Å². The standard InChI is InChI=1S/C12H15Cl2O2PS2/c1-4-6-19-17(15,18-5-2)16-12-10(13)7-9(3)8-11(12)14/h4,7-8H,1,5-6H2,2-3H3. The Morgan fingerprint density at radius 3 is 2.42 bits per heavy atom. The molecule has 0 aliphatic heterocycles. The molecule has 0 aliphatic rings. The maximum absolute atomic E-state index is 12.7. The molecule has 19 heavy (non-hydrogen) atoms. The number of rotatable bonds is 7. The second-order valence-corrected chi connectivity index (χ2v) is 12.0. The summed E-state index contributed by atoms with van der Waals surface area (Å²) < 4.78 is 18.3. The van der Waals surface area contributed by atoms with E-state index in [9.17, 15) is 4.57 Å². The van der Waals surface area contributed by atoms with E-state index in [1.165, 1.54) is 22.8 Å². The van der Waals surface area contributed by atoms with Crippen LogP contribution in [0.25, 0.3) is 0 Å². The fourth-order valence-corrected chi connectivity index (χ4v) is 8.23. The Labute approximate surface area is 132 Å². The Morgan fingerprint density at radius 1 is 1.37 bits per heavy atom. The van der Waals surface area contributed by atoms with Crippen molar-refractivity contribution < 1.29 is 9.09 Å². The largest absolute Gasteiger partial charge is 0.426 e. The van der Waals surface area contributed by atoms with Crippen LogP contribution in [0, 0.1) is 6.92 Å². The predicted molar refractivity (Wildman–Crippen MR) is 90.2 cm³/mol. The zero-order valence-corrected chi connectivity index (χ0v) is 14.7. The average molecular weight is 357 g/mol. The van der Waals surface area contributed by atoms with Crippen molar-refractivity contribution in [3.63, 3.8) is 0 Å². The molecular formula is C12H15Cl2O2PS2. The molecule has 0 fully saturated rings. The maximum Gasteiger partial charge on any atom is 0.360 e.